The predicted molar refractivity (Wildman–Crippen MR) is 345 cm³/mol. The topological polar surface area (TPSA) is 149 Å². The van der Waals surface area contributed by atoms with Crippen molar-refractivity contribution in [1.82, 2.24) is 5.32 Å². The van der Waals surface area contributed by atoms with Gasteiger partial charge < -0.3 is 40.3 Å². The van der Waals surface area contributed by atoms with Gasteiger partial charge in [0.1, 0.15) is 24.4 Å². The third-order valence-corrected chi connectivity index (χ3v) is 15.7. The van der Waals surface area contributed by atoms with Crippen LogP contribution in [0.15, 0.2) is 97.2 Å². The van der Waals surface area contributed by atoms with Gasteiger partial charge in [0, 0.05) is 6.42 Å². The highest BCUT2D eigenvalue weighted by Gasteiger charge is 2.44. The lowest BCUT2D eigenvalue weighted by Crippen LogP contribution is -2.60. The summed E-state index contributed by atoms with van der Waals surface area (Å²) in [6.07, 6.45) is 80.4. The number of hydrogen-bond donors (Lipinski definition) is 6. The molecule has 81 heavy (non-hydrogen) atoms. The number of nitrogens with one attached hydrogen (secondary N) is 1. The Morgan fingerprint density at radius 2 is 0.765 bits per heavy atom. The SMILES string of the molecule is CC/C=C\C/C=C\C/C=C\C/C=C\C/C=C\C/C=C\C/C=C\C/C=C\CCCCC(=O)NC(COC1OC(CO)C(O)C(O)C1O)C(O)CCCCCCCCCCCCCCCCCCCCCCCCCCCCCCCCC. The number of rotatable bonds is 58. The van der Waals surface area contributed by atoms with Crippen molar-refractivity contribution >= 4 is 5.91 Å². The molecule has 7 unspecified atom stereocenters. The molecule has 1 heterocycles. The molecule has 9 heteroatoms. The highest BCUT2D eigenvalue weighted by atomic mass is 16.7. The van der Waals surface area contributed by atoms with Gasteiger partial charge in [-0.1, -0.05) is 310 Å². The van der Waals surface area contributed by atoms with Gasteiger partial charge in [-0.05, 0) is 77.0 Å². The van der Waals surface area contributed by atoms with Crippen molar-refractivity contribution in [3.8, 4) is 0 Å². The molecule has 1 aliphatic heterocycles. The molecule has 6 N–H and O–H groups in total. The molecule has 1 fully saturated rings. The number of carbonyl (C=O) groups is 1. The van der Waals surface area contributed by atoms with E-state index in [9.17, 15) is 30.3 Å². The molecule has 0 saturated carbocycles. The van der Waals surface area contributed by atoms with E-state index in [4.69, 9.17) is 9.47 Å². The van der Waals surface area contributed by atoms with Crippen LogP contribution in [0.3, 0.4) is 0 Å². The van der Waals surface area contributed by atoms with Crippen LogP contribution >= 0.6 is 0 Å². The molecule has 0 aliphatic carbocycles. The van der Waals surface area contributed by atoms with Crippen molar-refractivity contribution < 1.29 is 39.8 Å². The van der Waals surface area contributed by atoms with Gasteiger partial charge in [0.05, 0.1) is 25.4 Å². The molecule has 0 bridgehead atoms. The Kier molecular flexibility index (Phi) is 56.6. The highest BCUT2D eigenvalue weighted by Crippen LogP contribution is 2.23. The van der Waals surface area contributed by atoms with Crippen molar-refractivity contribution in [3.05, 3.63) is 97.2 Å². The standard InChI is InChI=1S/C72H127NO8/c1-3-5-7-9-11-13-15-17-19-21-23-25-27-29-31-32-33-34-36-37-39-41-43-45-47-49-51-53-55-57-59-61-66(75)65(64-80-72-71(79)70(78)69(77)67(63-74)81-72)73-68(76)62-60-58-56-54-52-50-48-46-44-42-40-38-35-30-28-26-24-22-20-18-16-14-12-10-8-6-4-2/h6,8,12,14,18,20,24,26,30,35,40,42,46,48,52,54,65-67,69-72,74-75,77-79H,3-5,7,9-11,13,15-17,19,21-23,25,27-29,31-34,36-39,41,43-45,47,49-51,53,55-64H2,1-2H3,(H,73,76)/b8-6-,14-12-,20-18-,26-24-,35-30-,42-40-,48-46-,54-52-. The second kappa shape index (κ2) is 60.2. The van der Waals surface area contributed by atoms with Crippen LogP contribution in [0.5, 0.6) is 0 Å². The molecular weight excluding hydrogens is 1010 g/mol. The molecule has 1 aliphatic rings. The zero-order valence-electron chi connectivity index (χ0n) is 52.3. The van der Waals surface area contributed by atoms with Gasteiger partial charge in [0.2, 0.25) is 5.91 Å². The summed E-state index contributed by atoms with van der Waals surface area (Å²) in [7, 11) is 0. The Balaban J connectivity index is 2.18. The summed E-state index contributed by atoms with van der Waals surface area (Å²) in [5.74, 6) is -0.186. The minimum absolute atomic E-state index is 0.161. The first-order valence-electron chi connectivity index (χ1n) is 33.9. The Morgan fingerprint density at radius 3 is 1.11 bits per heavy atom. The number of carbonyl (C=O) groups excluding carboxylic acids is 1. The fourth-order valence-corrected chi connectivity index (χ4v) is 10.4. The molecule has 7 atom stereocenters. The zero-order valence-corrected chi connectivity index (χ0v) is 52.3. The molecule has 1 amide bonds. The Bertz CT molecular complexity index is 1600. The van der Waals surface area contributed by atoms with Crippen molar-refractivity contribution in [2.24, 2.45) is 0 Å². The van der Waals surface area contributed by atoms with Gasteiger partial charge in [-0.2, -0.15) is 0 Å². The monoisotopic (exact) mass is 1130 g/mol. The lowest BCUT2D eigenvalue weighted by Gasteiger charge is -2.40. The van der Waals surface area contributed by atoms with Crippen molar-refractivity contribution in [1.29, 1.82) is 0 Å². The third kappa shape index (κ3) is 49.1. The molecular formula is C72H127NO8. The van der Waals surface area contributed by atoms with E-state index in [1.807, 2.05) is 0 Å². The van der Waals surface area contributed by atoms with Crippen LogP contribution in [0.25, 0.3) is 0 Å². The molecule has 9 nitrogen and oxygen atoms in total. The average molecular weight is 1130 g/mol. The first kappa shape index (κ1) is 76.1. The molecule has 0 aromatic heterocycles. The summed E-state index contributed by atoms with van der Waals surface area (Å²) < 4.78 is 11.3. The van der Waals surface area contributed by atoms with E-state index in [2.05, 4.69) is 116 Å². The summed E-state index contributed by atoms with van der Waals surface area (Å²) in [6.45, 7) is 3.73. The Morgan fingerprint density at radius 1 is 0.432 bits per heavy atom. The number of allylic oxidation sites excluding steroid dienone is 16. The van der Waals surface area contributed by atoms with Crippen LogP contribution in [0.1, 0.15) is 296 Å². The number of hydrogen-bond acceptors (Lipinski definition) is 8. The fraction of sp³-hybridized carbons (Fsp3) is 0.764. The van der Waals surface area contributed by atoms with Crippen LogP contribution in [0.4, 0.5) is 0 Å². The number of amides is 1. The van der Waals surface area contributed by atoms with Crippen molar-refractivity contribution in [2.45, 2.75) is 339 Å². The van der Waals surface area contributed by atoms with Gasteiger partial charge in [-0.15, -0.1) is 0 Å². The average Bonchev–Trinajstić information content (AvgIpc) is 3.48. The number of unbranched alkanes of at least 4 members (excludes halogenated alkanes) is 32. The predicted octanol–water partition coefficient (Wildman–Crippen LogP) is 18.3. The molecule has 0 aromatic carbocycles. The van der Waals surface area contributed by atoms with Crippen LogP contribution in [0, 0.1) is 0 Å². The second-order valence-corrected chi connectivity index (χ2v) is 23.2. The summed E-state index contributed by atoms with van der Waals surface area (Å²) >= 11 is 0. The first-order valence-corrected chi connectivity index (χ1v) is 33.9. The van der Waals surface area contributed by atoms with Crippen molar-refractivity contribution in [3.63, 3.8) is 0 Å². The van der Waals surface area contributed by atoms with E-state index in [0.29, 0.717) is 19.3 Å². The fourth-order valence-electron chi connectivity index (χ4n) is 10.4. The van der Waals surface area contributed by atoms with Crippen LogP contribution in [-0.4, -0.2) is 87.5 Å². The van der Waals surface area contributed by atoms with Crippen LogP contribution in [0.2, 0.25) is 0 Å². The normalized spacial score (nSPS) is 19.0. The smallest absolute Gasteiger partial charge is 0.220 e. The van der Waals surface area contributed by atoms with E-state index >= 15 is 0 Å². The third-order valence-electron chi connectivity index (χ3n) is 15.7. The Hall–Kier alpha value is -2.89. The quantitative estimate of drug-likeness (QED) is 0.0261. The number of aliphatic hydroxyl groups excluding tert-OH is 5. The molecule has 1 rings (SSSR count). The van der Waals surface area contributed by atoms with E-state index in [1.165, 1.54) is 180 Å². The maximum absolute atomic E-state index is 13.1. The first-order chi connectivity index (χ1) is 39.8. The molecule has 1 saturated heterocycles. The second-order valence-electron chi connectivity index (χ2n) is 23.2. The highest BCUT2D eigenvalue weighted by molar-refractivity contribution is 5.76. The van der Waals surface area contributed by atoms with Gasteiger partial charge in [0.25, 0.3) is 0 Å². The summed E-state index contributed by atoms with van der Waals surface area (Å²) in [4.78, 5) is 13.1. The van der Waals surface area contributed by atoms with E-state index in [1.54, 1.807) is 0 Å². The summed E-state index contributed by atoms with van der Waals surface area (Å²) in [5, 5.41) is 54.9. The minimum atomic E-state index is -1.57. The lowest BCUT2D eigenvalue weighted by molar-refractivity contribution is -0.302. The molecule has 468 valence electrons. The number of ether oxygens (including phenoxy) is 2. The van der Waals surface area contributed by atoms with Crippen LogP contribution < -0.4 is 5.32 Å². The van der Waals surface area contributed by atoms with Gasteiger partial charge in [-0.3, -0.25) is 4.79 Å². The van der Waals surface area contributed by atoms with Gasteiger partial charge in [0.15, 0.2) is 6.29 Å². The maximum Gasteiger partial charge on any atom is 0.220 e. The van der Waals surface area contributed by atoms with E-state index < -0.39 is 49.5 Å². The molecule has 0 radical (unpaired) electrons. The van der Waals surface area contributed by atoms with Gasteiger partial charge >= 0.3 is 0 Å². The summed E-state index contributed by atoms with van der Waals surface area (Å²) in [6, 6.07) is -0.752. The van der Waals surface area contributed by atoms with Crippen molar-refractivity contribution in [2.75, 3.05) is 13.2 Å². The lowest BCUT2D eigenvalue weighted by atomic mass is 9.99. The molecule has 0 spiro atoms. The van der Waals surface area contributed by atoms with Gasteiger partial charge in [-0.25, -0.2) is 0 Å². The van der Waals surface area contributed by atoms with E-state index in [0.717, 1.165) is 83.5 Å². The van der Waals surface area contributed by atoms with Crippen LogP contribution in [-0.2, 0) is 14.3 Å². The maximum atomic E-state index is 13.1. The molecule has 0 aromatic rings. The number of aliphatic hydroxyl groups is 5. The summed E-state index contributed by atoms with van der Waals surface area (Å²) in [5.41, 5.74) is 0. The van der Waals surface area contributed by atoms with E-state index in [-0.39, 0.29) is 12.5 Å². The largest absolute Gasteiger partial charge is 0.394 e. The Labute approximate surface area is 498 Å². The minimum Gasteiger partial charge on any atom is -0.394 e. The zero-order chi connectivity index (χ0) is 58.6.